The van der Waals surface area contributed by atoms with E-state index in [0.717, 1.165) is 26.1 Å². The quantitative estimate of drug-likeness (QED) is 0.571. The predicted molar refractivity (Wildman–Crippen MR) is 57.5 cm³/mol. The molecule has 0 aliphatic carbocycles. The third-order valence-electron chi connectivity index (χ3n) is 2.09. The Bertz CT molecular complexity index is 160. The Labute approximate surface area is 86.3 Å². The maximum atomic E-state index is 10.2. The molecule has 0 aromatic heterocycles. The van der Waals surface area contributed by atoms with Crippen LogP contribution in [0.25, 0.3) is 0 Å². The van der Waals surface area contributed by atoms with Gasteiger partial charge in [-0.05, 0) is 26.8 Å². The van der Waals surface area contributed by atoms with Gasteiger partial charge in [0.1, 0.15) is 0 Å². The van der Waals surface area contributed by atoms with E-state index in [0.29, 0.717) is 6.04 Å². The Morgan fingerprint density at radius 2 is 2.07 bits per heavy atom. The van der Waals surface area contributed by atoms with E-state index in [4.69, 9.17) is 5.11 Å². The lowest BCUT2D eigenvalue weighted by Crippen LogP contribution is -2.38. The van der Waals surface area contributed by atoms with E-state index in [-0.39, 0.29) is 6.54 Å². The Kier molecular flexibility index (Phi) is 7.42. The highest BCUT2D eigenvalue weighted by Gasteiger charge is 2.07. The highest BCUT2D eigenvalue weighted by molar-refractivity contribution is 5.68. The summed E-state index contributed by atoms with van der Waals surface area (Å²) in [6.07, 6.45) is 1.14. The zero-order valence-corrected chi connectivity index (χ0v) is 9.42. The summed E-state index contributed by atoms with van der Waals surface area (Å²) in [5.41, 5.74) is 0. The van der Waals surface area contributed by atoms with E-state index in [1.165, 1.54) is 0 Å². The molecule has 4 heteroatoms. The first-order valence-corrected chi connectivity index (χ1v) is 5.24. The van der Waals surface area contributed by atoms with Gasteiger partial charge in [0.15, 0.2) is 0 Å². The summed E-state index contributed by atoms with van der Waals surface area (Å²) >= 11 is 0. The summed E-state index contributed by atoms with van der Waals surface area (Å²) in [6.45, 7) is 9.26. The first-order valence-electron chi connectivity index (χ1n) is 5.24. The molecule has 0 atom stereocenters. The van der Waals surface area contributed by atoms with Crippen LogP contribution in [0.5, 0.6) is 0 Å². The monoisotopic (exact) mass is 202 g/mol. The molecule has 0 amide bonds. The van der Waals surface area contributed by atoms with Crippen LogP contribution in [0.3, 0.4) is 0 Å². The number of carboxylic acid groups (broad SMARTS) is 1. The minimum Gasteiger partial charge on any atom is -0.480 e. The van der Waals surface area contributed by atoms with Crippen molar-refractivity contribution in [3.8, 4) is 0 Å². The van der Waals surface area contributed by atoms with Gasteiger partial charge in [-0.1, -0.05) is 6.92 Å². The van der Waals surface area contributed by atoms with Gasteiger partial charge in [0.25, 0.3) is 0 Å². The summed E-state index contributed by atoms with van der Waals surface area (Å²) in [5, 5.41) is 11.3. The van der Waals surface area contributed by atoms with Crippen LogP contribution >= 0.6 is 0 Å². The van der Waals surface area contributed by atoms with Crippen LogP contribution in [0.15, 0.2) is 0 Å². The van der Waals surface area contributed by atoms with Crippen LogP contribution in [0, 0.1) is 0 Å². The molecule has 0 spiro atoms. The third kappa shape index (κ3) is 6.86. The first-order chi connectivity index (χ1) is 6.57. The van der Waals surface area contributed by atoms with E-state index < -0.39 is 5.97 Å². The zero-order chi connectivity index (χ0) is 11.0. The van der Waals surface area contributed by atoms with Crippen LogP contribution < -0.4 is 5.32 Å². The number of hydrogen-bond donors (Lipinski definition) is 2. The zero-order valence-electron chi connectivity index (χ0n) is 9.42. The molecule has 4 nitrogen and oxygen atoms in total. The van der Waals surface area contributed by atoms with Crippen molar-refractivity contribution in [3.05, 3.63) is 0 Å². The Hall–Kier alpha value is -0.610. The molecule has 0 heterocycles. The molecule has 0 aliphatic rings. The van der Waals surface area contributed by atoms with Crippen molar-refractivity contribution in [1.82, 2.24) is 10.2 Å². The van der Waals surface area contributed by atoms with Crippen molar-refractivity contribution < 1.29 is 9.90 Å². The number of aliphatic carboxylic acids is 1. The molecular formula is C10H22N2O2. The second-order valence-electron chi connectivity index (χ2n) is 3.70. The summed E-state index contributed by atoms with van der Waals surface area (Å²) < 4.78 is 0. The van der Waals surface area contributed by atoms with Gasteiger partial charge in [0.05, 0.1) is 6.54 Å². The van der Waals surface area contributed by atoms with Crippen molar-refractivity contribution in [1.29, 1.82) is 0 Å². The fourth-order valence-corrected chi connectivity index (χ4v) is 1.33. The van der Waals surface area contributed by atoms with Crippen molar-refractivity contribution in [2.24, 2.45) is 0 Å². The Morgan fingerprint density at radius 3 is 2.50 bits per heavy atom. The molecule has 0 saturated heterocycles. The minimum absolute atomic E-state index is 0.0536. The molecule has 0 rings (SSSR count). The van der Waals surface area contributed by atoms with Gasteiger partial charge in [0.2, 0.25) is 0 Å². The molecule has 2 N–H and O–H groups in total. The van der Waals surface area contributed by atoms with Crippen LogP contribution in [0.1, 0.15) is 27.2 Å². The fourth-order valence-electron chi connectivity index (χ4n) is 1.33. The summed E-state index contributed by atoms with van der Waals surface area (Å²) in [5.74, 6) is -0.795. The summed E-state index contributed by atoms with van der Waals surface area (Å²) in [7, 11) is 0. The second kappa shape index (κ2) is 7.76. The van der Waals surface area contributed by atoms with E-state index >= 15 is 0 Å². The molecule has 84 valence electrons. The van der Waals surface area contributed by atoms with E-state index in [2.05, 4.69) is 31.0 Å². The highest BCUT2D eigenvalue weighted by atomic mass is 16.4. The van der Waals surface area contributed by atoms with Crippen LogP contribution in [0.2, 0.25) is 0 Å². The van der Waals surface area contributed by atoms with Gasteiger partial charge in [-0.3, -0.25) is 9.69 Å². The maximum absolute atomic E-state index is 10.2. The van der Waals surface area contributed by atoms with Crippen molar-refractivity contribution >= 4 is 5.97 Å². The van der Waals surface area contributed by atoms with Crippen LogP contribution in [0.4, 0.5) is 0 Å². The van der Waals surface area contributed by atoms with Gasteiger partial charge < -0.3 is 10.4 Å². The molecule has 0 aromatic rings. The van der Waals surface area contributed by atoms with Crippen LogP contribution in [-0.4, -0.2) is 48.2 Å². The number of carboxylic acids is 1. The number of carbonyl (C=O) groups is 1. The van der Waals surface area contributed by atoms with Gasteiger partial charge in [-0.15, -0.1) is 0 Å². The van der Waals surface area contributed by atoms with E-state index in [1.54, 1.807) is 0 Å². The van der Waals surface area contributed by atoms with E-state index in [1.807, 2.05) is 0 Å². The lowest BCUT2D eigenvalue weighted by molar-refractivity contribution is -0.135. The normalized spacial score (nSPS) is 11.2. The topological polar surface area (TPSA) is 52.6 Å². The number of rotatable bonds is 8. The number of nitrogens with zero attached hydrogens (tertiary/aromatic N) is 1. The van der Waals surface area contributed by atoms with Gasteiger partial charge in [-0.25, -0.2) is 0 Å². The van der Waals surface area contributed by atoms with Crippen molar-refractivity contribution in [2.45, 2.75) is 33.2 Å². The lowest BCUT2D eigenvalue weighted by Gasteiger charge is -2.25. The molecular weight excluding hydrogens is 180 g/mol. The summed E-state index contributed by atoms with van der Waals surface area (Å²) in [6, 6.07) is 0.529. The highest BCUT2D eigenvalue weighted by Crippen LogP contribution is 1.97. The lowest BCUT2D eigenvalue weighted by atomic mass is 10.3. The Morgan fingerprint density at radius 1 is 1.43 bits per heavy atom. The van der Waals surface area contributed by atoms with Crippen LogP contribution in [-0.2, 0) is 4.79 Å². The smallest absolute Gasteiger partial charge is 0.317 e. The second-order valence-corrected chi connectivity index (χ2v) is 3.70. The van der Waals surface area contributed by atoms with Gasteiger partial charge >= 0.3 is 5.97 Å². The molecule has 0 unspecified atom stereocenters. The average molecular weight is 202 g/mol. The maximum Gasteiger partial charge on any atom is 0.317 e. The molecule has 0 aromatic carbocycles. The fraction of sp³-hybridized carbons (Fsp3) is 0.900. The van der Waals surface area contributed by atoms with E-state index in [9.17, 15) is 4.79 Å². The van der Waals surface area contributed by atoms with Crippen molar-refractivity contribution in [2.75, 3.05) is 26.2 Å². The predicted octanol–water partition coefficient (Wildman–Crippen LogP) is 0.781. The molecule has 0 radical (unpaired) electrons. The molecule has 14 heavy (non-hydrogen) atoms. The number of hydrogen-bond acceptors (Lipinski definition) is 3. The van der Waals surface area contributed by atoms with Crippen molar-refractivity contribution in [3.63, 3.8) is 0 Å². The minimum atomic E-state index is -0.795. The largest absolute Gasteiger partial charge is 0.480 e. The molecule has 0 aliphatic heterocycles. The standard InChI is InChI=1S/C10H22N2O2/c1-4-6-12(9(2)3)7-5-11-8-10(13)14/h9,11H,4-8H2,1-3H3,(H,13,14). The SMILES string of the molecule is CCCN(CCNCC(=O)O)C(C)C. The Balaban J connectivity index is 3.55. The number of nitrogens with one attached hydrogen (secondary N) is 1. The third-order valence-corrected chi connectivity index (χ3v) is 2.09. The first kappa shape index (κ1) is 13.4. The van der Waals surface area contributed by atoms with Gasteiger partial charge in [-0.2, -0.15) is 0 Å². The molecule has 0 saturated carbocycles. The van der Waals surface area contributed by atoms with Gasteiger partial charge in [0, 0.05) is 19.1 Å². The summed E-state index contributed by atoms with van der Waals surface area (Å²) in [4.78, 5) is 12.6. The molecule has 0 bridgehead atoms. The molecule has 0 fully saturated rings. The average Bonchev–Trinajstić information content (AvgIpc) is 2.09.